The molecular formula is C35H43N7O. The van der Waals surface area contributed by atoms with Gasteiger partial charge in [-0.05, 0) is 92.3 Å². The van der Waals surface area contributed by atoms with E-state index in [1.807, 2.05) is 37.3 Å². The predicted molar refractivity (Wildman–Crippen MR) is 177 cm³/mol. The van der Waals surface area contributed by atoms with Gasteiger partial charge in [0.1, 0.15) is 11.3 Å². The van der Waals surface area contributed by atoms with E-state index in [1.54, 1.807) is 6.20 Å². The normalized spacial score (nSPS) is 13.4. The number of anilines is 1. The molecular weight excluding hydrogens is 534 g/mol. The Bertz CT molecular complexity index is 1600. The first-order chi connectivity index (χ1) is 20.9. The fraction of sp³-hybridized carbons (Fsp3) is 0.314. The molecule has 0 aliphatic carbocycles. The number of carbonyl (C=O) groups is 1. The van der Waals surface area contributed by atoms with Crippen LogP contribution in [0.4, 0.5) is 5.82 Å². The minimum atomic E-state index is 0.0639. The molecule has 0 aliphatic heterocycles. The van der Waals surface area contributed by atoms with E-state index in [2.05, 4.69) is 71.7 Å². The van der Waals surface area contributed by atoms with E-state index in [9.17, 15) is 4.79 Å². The van der Waals surface area contributed by atoms with Crippen LogP contribution in [-0.4, -0.2) is 37.9 Å². The van der Waals surface area contributed by atoms with Crippen LogP contribution in [-0.2, 0) is 11.3 Å². The Morgan fingerprint density at radius 1 is 1.14 bits per heavy atom. The summed E-state index contributed by atoms with van der Waals surface area (Å²) in [6, 6.07) is 16.4. The number of fused-ring (bicyclic) bond motifs is 1. The largest absolute Gasteiger partial charge is 0.383 e. The Kier molecular flexibility index (Phi) is 11.1. The fourth-order valence-corrected chi connectivity index (χ4v) is 5.14. The van der Waals surface area contributed by atoms with E-state index in [4.69, 9.17) is 21.4 Å². The van der Waals surface area contributed by atoms with Crippen molar-refractivity contribution in [3.8, 4) is 17.1 Å². The van der Waals surface area contributed by atoms with Crippen molar-refractivity contribution in [2.75, 3.05) is 12.3 Å². The average Bonchev–Trinajstić information content (AvgIpc) is 3.40. The van der Waals surface area contributed by atoms with Crippen LogP contribution < -0.4 is 16.8 Å². The number of nitrogens with two attached hydrogens (primary N) is 2. The molecule has 4 aromatic rings. The van der Waals surface area contributed by atoms with Crippen LogP contribution in [0.5, 0.6) is 0 Å². The molecule has 3 aromatic heterocycles. The highest BCUT2D eigenvalue weighted by Crippen LogP contribution is 2.31. The Morgan fingerprint density at radius 2 is 1.93 bits per heavy atom. The van der Waals surface area contributed by atoms with Gasteiger partial charge in [-0.2, -0.15) is 0 Å². The standard InChI is InChI=1S/C35H43N7O/c1-5-9-26(10-6-2)31-18-19-32-35(40-31)42(34(41-32)30-11-8-20-38-33(30)37)28-15-12-25(13-16-28)23-39-27(21-24(4)22-36)14-17-29(43)7-3/h5,7-13,15-16,18-20,24,27,39H,3,6,14,17,21-23,36H2,1-2,4H3,(H2,37,38)/b9-5-,26-10+/t24-,27?/m1/s1. The fourth-order valence-electron chi connectivity index (χ4n) is 5.14. The first-order valence-corrected chi connectivity index (χ1v) is 15.0. The summed E-state index contributed by atoms with van der Waals surface area (Å²) >= 11 is 0. The number of pyridine rings is 2. The lowest BCUT2D eigenvalue weighted by atomic mass is 9.97. The Morgan fingerprint density at radius 3 is 2.60 bits per heavy atom. The van der Waals surface area contributed by atoms with E-state index in [0.29, 0.717) is 37.1 Å². The topological polar surface area (TPSA) is 125 Å². The number of rotatable bonds is 15. The van der Waals surface area contributed by atoms with Gasteiger partial charge in [-0.3, -0.25) is 9.36 Å². The van der Waals surface area contributed by atoms with Gasteiger partial charge in [0.05, 0.1) is 11.3 Å². The minimum Gasteiger partial charge on any atom is -0.383 e. The number of allylic oxidation sites excluding steroid dienone is 5. The first kappa shape index (κ1) is 31.5. The second-order valence-corrected chi connectivity index (χ2v) is 10.8. The van der Waals surface area contributed by atoms with Gasteiger partial charge in [-0.1, -0.05) is 50.8 Å². The van der Waals surface area contributed by atoms with Crippen molar-refractivity contribution in [2.45, 2.75) is 59.0 Å². The van der Waals surface area contributed by atoms with Crippen LogP contribution in [0, 0.1) is 5.92 Å². The van der Waals surface area contributed by atoms with E-state index in [-0.39, 0.29) is 11.8 Å². The Hall–Kier alpha value is -4.40. The van der Waals surface area contributed by atoms with Crippen LogP contribution in [0.25, 0.3) is 33.8 Å². The lowest BCUT2D eigenvalue weighted by Crippen LogP contribution is -2.32. The third-order valence-corrected chi connectivity index (χ3v) is 7.50. The van der Waals surface area contributed by atoms with Gasteiger partial charge >= 0.3 is 0 Å². The van der Waals surface area contributed by atoms with Crippen molar-refractivity contribution >= 4 is 28.3 Å². The van der Waals surface area contributed by atoms with Crippen molar-refractivity contribution in [2.24, 2.45) is 11.7 Å². The van der Waals surface area contributed by atoms with Crippen LogP contribution in [0.15, 0.2) is 85.6 Å². The third-order valence-electron chi connectivity index (χ3n) is 7.50. The highest BCUT2D eigenvalue weighted by molar-refractivity contribution is 5.89. The molecule has 8 heteroatoms. The molecule has 0 bridgehead atoms. The van der Waals surface area contributed by atoms with Crippen LogP contribution >= 0.6 is 0 Å². The lowest BCUT2D eigenvalue weighted by Gasteiger charge is -2.21. The maximum absolute atomic E-state index is 11.9. The zero-order chi connectivity index (χ0) is 30.8. The third kappa shape index (κ3) is 7.91. The molecule has 0 saturated carbocycles. The van der Waals surface area contributed by atoms with Crippen LogP contribution in [0.2, 0.25) is 0 Å². The maximum Gasteiger partial charge on any atom is 0.165 e. The van der Waals surface area contributed by atoms with Crippen LogP contribution in [0.1, 0.15) is 57.7 Å². The lowest BCUT2D eigenvalue weighted by molar-refractivity contribution is -0.114. The molecule has 2 atom stereocenters. The number of ketones is 1. The van der Waals surface area contributed by atoms with Crippen molar-refractivity contribution in [1.29, 1.82) is 0 Å². The predicted octanol–water partition coefficient (Wildman–Crippen LogP) is 6.41. The van der Waals surface area contributed by atoms with Gasteiger partial charge in [0.2, 0.25) is 0 Å². The number of hydrogen-bond donors (Lipinski definition) is 3. The molecule has 1 aromatic carbocycles. The number of carbonyl (C=O) groups excluding carboxylic acids is 1. The van der Waals surface area contributed by atoms with Crippen molar-refractivity contribution in [3.63, 3.8) is 0 Å². The average molecular weight is 578 g/mol. The monoisotopic (exact) mass is 577 g/mol. The van der Waals surface area contributed by atoms with Gasteiger partial charge < -0.3 is 16.8 Å². The summed E-state index contributed by atoms with van der Waals surface area (Å²) in [5, 5.41) is 3.64. The number of nitrogens with zero attached hydrogens (tertiary/aromatic N) is 4. The second kappa shape index (κ2) is 15.2. The molecule has 224 valence electrons. The van der Waals surface area contributed by atoms with Gasteiger partial charge in [0.15, 0.2) is 17.3 Å². The number of nitrogen functional groups attached to an aromatic ring is 1. The molecule has 5 N–H and O–H groups in total. The maximum atomic E-state index is 11.9. The molecule has 1 unspecified atom stereocenters. The molecule has 0 spiro atoms. The van der Waals surface area contributed by atoms with Crippen molar-refractivity contribution in [1.82, 2.24) is 24.8 Å². The summed E-state index contributed by atoms with van der Waals surface area (Å²) in [7, 11) is 0. The SMILES string of the molecule is C=CC(=O)CCC(C[C@@H](C)CN)NCc1ccc(-n2c(-c3cccnc3N)nc3ccc(C(/C=C\C)=C/CC)nc32)cc1. The first-order valence-electron chi connectivity index (χ1n) is 15.0. The zero-order valence-electron chi connectivity index (χ0n) is 25.5. The number of benzene rings is 1. The molecule has 0 radical (unpaired) electrons. The number of hydrogen-bond acceptors (Lipinski definition) is 7. The number of imidazole rings is 1. The summed E-state index contributed by atoms with van der Waals surface area (Å²) in [4.78, 5) is 26.2. The van der Waals surface area contributed by atoms with E-state index < -0.39 is 0 Å². The van der Waals surface area contributed by atoms with E-state index >= 15 is 0 Å². The molecule has 0 aliphatic rings. The molecule has 8 nitrogen and oxygen atoms in total. The number of nitrogens with one attached hydrogen (secondary N) is 1. The summed E-state index contributed by atoms with van der Waals surface area (Å²) < 4.78 is 2.05. The van der Waals surface area contributed by atoms with Crippen molar-refractivity contribution < 1.29 is 4.79 Å². The highest BCUT2D eigenvalue weighted by Gasteiger charge is 2.19. The molecule has 3 heterocycles. The minimum absolute atomic E-state index is 0.0639. The summed E-state index contributed by atoms with van der Waals surface area (Å²) in [5.74, 6) is 1.53. The molecule has 43 heavy (non-hydrogen) atoms. The zero-order valence-corrected chi connectivity index (χ0v) is 25.5. The molecule has 0 saturated heterocycles. The highest BCUT2D eigenvalue weighted by atomic mass is 16.1. The summed E-state index contributed by atoms with van der Waals surface area (Å²) in [5.41, 5.74) is 18.5. The number of aromatic nitrogens is 4. The van der Waals surface area contributed by atoms with Gasteiger partial charge in [-0.15, -0.1) is 0 Å². The second-order valence-electron chi connectivity index (χ2n) is 10.8. The Labute approximate surface area is 254 Å². The summed E-state index contributed by atoms with van der Waals surface area (Å²) in [6.07, 6.45) is 12.4. The van der Waals surface area contributed by atoms with Gasteiger partial charge in [-0.25, -0.2) is 15.0 Å². The molecule has 0 fully saturated rings. The van der Waals surface area contributed by atoms with E-state index in [0.717, 1.165) is 58.5 Å². The van der Waals surface area contributed by atoms with Crippen molar-refractivity contribution in [3.05, 3.63) is 96.9 Å². The van der Waals surface area contributed by atoms with Gasteiger partial charge in [0, 0.05) is 30.9 Å². The summed E-state index contributed by atoms with van der Waals surface area (Å²) in [6.45, 7) is 11.2. The quantitative estimate of drug-likeness (QED) is 0.110. The molecule has 4 rings (SSSR count). The smallest absolute Gasteiger partial charge is 0.165 e. The Balaban J connectivity index is 1.69. The van der Waals surface area contributed by atoms with Crippen LogP contribution in [0.3, 0.4) is 0 Å². The molecule has 0 amide bonds. The van der Waals surface area contributed by atoms with Gasteiger partial charge in [0.25, 0.3) is 0 Å². The van der Waals surface area contributed by atoms with E-state index in [1.165, 1.54) is 6.08 Å².